The molecule has 0 unspecified atom stereocenters. The summed E-state index contributed by atoms with van der Waals surface area (Å²) in [6.45, 7) is 1.76. The molecule has 0 aliphatic carbocycles. The highest BCUT2D eigenvalue weighted by atomic mass is 16.6. The fourth-order valence-electron chi connectivity index (χ4n) is 2.29. The van der Waals surface area contributed by atoms with Crippen LogP contribution < -0.4 is 10.2 Å². The van der Waals surface area contributed by atoms with Crippen LogP contribution in [0, 0.1) is 29.4 Å². The van der Waals surface area contributed by atoms with E-state index in [9.17, 15) is 14.9 Å². The largest absolute Gasteiger partial charge is 0.360 e. The minimum Gasteiger partial charge on any atom is -0.360 e. The molecule has 2 rings (SSSR count). The van der Waals surface area contributed by atoms with Gasteiger partial charge >= 0.3 is 0 Å². The van der Waals surface area contributed by atoms with E-state index < -0.39 is 4.92 Å². The van der Waals surface area contributed by atoms with Crippen LogP contribution in [0.2, 0.25) is 0 Å². The van der Waals surface area contributed by atoms with Gasteiger partial charge in [-0.3, -0.25) is 14.9 Å². The Balaban J connectivity index is 2.12. The first-order valence-electron chi connectivity index (χ1n) is 7.23. The van der Waals surface area contributed by atoms with Crippen molar-refractivity contribution in [2.45, 2.75) is 6.92 Å². The molecule has 0 aliphatic rings. The van der Waals surface area contributed by atoms with Crippen LogP contribution >= 0.6 is 0 Å². The van der Waals surface area contributed by atoms with Gasteiger partial charge in [0.15, 0.2) is 0 Å². The molecule has 6 heteroatoms. The maximum absolute atomic E-state index is 12.2. The highest BCUT2D eigenvalue weighted by Gasteiger charge is 2.19. The Morgan fingerprint density at radius 3 is 2.75 bits per heavy atom. The lowest BCUT2D eigenvalue weighted by Crippen LogP contribution is -2.30. The summed E-state index contributed by atoms with van der Waals surface area (Å²) in [7, 11) is 1.63. The summed E-state index contributed by atoms with van der Waals surface area (Å²) in [6.07, 6.45) is 5.33. The lowest BCUT2D eigenvalue weighted by molar-refractivity contribution is -0.384. The van der Waals surface area contributed by atoms with Gasteiger partial charge in [-0.05, 0) is 36.8 Å². The number of anilines is 2. The number of nitrogens with one attached hydrogen (secondary N) is 1. The molecule has 122 valence electrons. The van der Waals surface area contributed by atoms with Gasteiger partial charge in [-0.25, -0.2) is 0 Å². The van der Waals surface area contributed by atoms with E-state index in [1.807, 2.05) is 0 Å². The van der Waals surface area contributed by atoms with Crippen LogP contribution in [-0.4, -0.2) is 24.4 Å². The predicted octanol–water partition coefficient (Wildman–Crippen LogP) is 2.96. The number of amides is 1. The molecule has 1 N–H and O–H groups in total. The predicted molar refractivity (Wildman–Crippen MR) is 94.1 cm³/mol. The molecule has 0 aromatic heterocycles. The molecule has 2 aromatic carbocycles. The molecule has 0 spiro atoms. The second-order valence-electron chi connectivity index (χ2n) is 5.38. The Kier molecular flexibility index (Phi) is 5.17. The molecule has 0 atom stereocenters. The molecule has 0 saturated carbocycles. The average Bonchev–Trinajstić information content (AvgIpc) is 2.54. The number of aryl methyl sites for hydroxylation is 1. The average molecular weight is 323 g/mol. The van der Waals surface area contributed by atoms with Gasteiger partial charge in [0, 0.05) is 24.4 Å². The molecule has 0 aliphatic heterocycles. The van der Waals surface area contributed by atoms with Crippen molar-refractivity contribution in [2.24, 2.45) is 0 Å². The standard InChI is InChI=1S/C18H17N3O3/c1-4-14-6-5-7-15(11-14)19-18(22)12-20(3)16-9-8-13(2)10-17(16)21(23)24/h1,5-11H,12H2,2-3H3,(H,19,22). The molecular formula is C18H17N3O3. The smallest absolute Gasteiger partial charge is 0.292 e. The first-order valence-corrected chi connectivity index (χ1v) is 7.23. The number of hydrogen-bond donors (Lipinski definition) is 1. The molecule has 2 aromatic rings. The van der Waals surface area contributed by atoms with Gasteiger partial charge in [-0.1, -0.05) is 18.1 Å². The first kappa shape index (κ1) is 17.0. The number of terminal acetylenes is 1. The second-order valence-corrected chi connectivity index (χ2v) is 5.38. The third-order valence-electron chi connectivity index (χ3n) is 3.43. The second kappa shape index (κ2) is 7.29. The zero-order chi connectivity index (χ0) is 17.7. The van der Waals surface area contributed by atoms with E-state index in [1.165, 1.54) is 11.0 Å². The number of hydrogen-bond acceptors (Lipinski definition) is 4. The minimum atomic E-state index is -0.451. The maximum atomic E-state index is 12.2. The first-order chi connectivity index (χ1) is 11.4. The van der Waals surface area contributed by atoms with Crippen molar-refractivity contribution in [1.29, 1.82) is 0 Å². The van der Waals surface area contributed by atoms with E-state index in [4.69, 9.17) is 6.42 Å². The Morgan fingerprint density at radius 1 is 1.33 bits per heavy atom. The molecule has 0 fully saturated rings. The number of benzene rings is 2. The maximum Gasteiger partial charge on any atom is 0.292 e. The van der Waals surface area contributed by atoms with Crippen LogP contribution in [0.3, 0.4) is 0 Å². The van der Waals surface area contributed by atoms with E-state index >= 15 is 0 Å². The van der Waals surface area contributed by atoms with Crippen LogP contribution in [-0.2, 0) is 4.79 Å². The van der Waals surface area contributed by atoms with Crippen molar-refractivity contribution < 1.29 is 9.72 Å². The topological polar surface area (TPSA) is 75.5 Å². The van der Waals surface area contributed by atoms with Crippen LogP contribution in [0.25, 0.3) is 0 Å². The third kappa shape index (κ3) is 4.11. The van der Waals surface area contributed by atoms with E-state index in [-0.39, 0.29) is 18.1 Å². The van der Waals surface area contributed by atoms with Crippen molar-refractivity contribution in [3.05, 3.63) is 63.7 Å². The molecule has 24 heavy (non-hydrogen) atoms. The molecular weight excluding hydrogens is 306 g/mol. The normalized spacial score (nSPS) is 9.88. The summed E-state index contributed by atoms with van der Waals surface area (Å²) in [5, 5.41) is 13.9. The Bertz CT molecular complexity index is 824. The quantitative estimate of drug-likeness (QED) is 0.521. The Hall–Kier alpha value is -3.33. The summed E-state index contributed by atoms with van der Waals surface area (Å²) >= 11 is 0. The fourth-order valence-corrected chi connectivity index (χ4v) is 2.29. The molecule has 1 amide bonds. The van der Waals surface area contributed by atoms with Crippen molar-refractivity contribution in [2.75, 3.05) is 23.8 Å². The fraction of sp³-hybridized carbons (Fsp3) is 0.167. The van der Waals surface area contributed by atoms with Crippen LogP contribution in [0.5, 0.6) is 0 Å². The number of rotatable bonds is 5. The minimum absolute atomic E-state index is 0.0236. The molecule has 6 nitrogen and oxygen atoms in total. The zero-order valence-corrected chi connectivity index (χ0v) is 13.4. The number of nitro benzene ring substituents is 1. The van der Waals surface area contributed by atoms with Gasteiger partial charge in [-0.2, -0.15) is 0 Å². The number of nitro groups is 1. The van der Waals surface area contributed by atoms with Crippen molar-refractivity contribution in [3.63, 3.8) is 0 Å². The Morgan fingerprint density at radius 2 is 2.08 bits per heavy atom. The number of likely N-dealkylation sites (N-methyl/N-ethyl adjacent to an activating group) is 1. The van der Waals surface area contributed by atoms with Crippen molar-refractivity contribution >= 4 is 23.0 Å². The van der Waals surface area contributed by atoms with E-state index in [0.29, 0.717) is 16.9 Å². The molecule has 0 bridgehead atoms. The number of carbonyl (C=O) groups is 1. The summed E-state index contributed by atoms with van der Waals surface area (Å²) in [6, 6.07) is 11.8. The summed E-state index contributed by atoms with van der Waals surface area (Å²) < 4.78 is 0. The van der Waals surface area contributed by atoms with Gasteiger partial charge < -0.3 is 10.2 Å². The number of nitrogens with zero attached hydrogens (tertiary/aromatic N) is 2. The van der Waals surface area contributed by atoms with Crippen LogP contribution in [0.1, 0.15) is 11.1 Å². The van der Waals surface area contributed by atoms with Gasteiger partial charge in [-0.15, -0.1) is 6.42 Å². The lowest BCUT2D eigenvalue weighted by Gasteiger charge is -2.19. The van der Waals surface area contributed by atoms with Crippen molar-refractivity contribution in [1.82, 2.24) is 0 Å². The Labute approximate surface area is 140 Å². The number of carbonyl (C=O) groups excluding carboxylic acids is 1. The van der Waals surface area contributed by atoms with Crippen LogP contribution in [0.4, 0.5) is 17.1 Å². The highest BCUT2D eigenvalue weighted by molar-refractivity contribution is 5.94. The SMILES string of the molecule is C#Cc1cccc(NC(=O)CN(C)c2ccc(C)cc2[N+](=O)[O-])c1. The summed E-state index contributed by atoms with van der Waals surface area (Å²) in [5.74, 6) is 2.21. The van der Waals surface area contributed by atoms with E-state index in [0.717, 1.165) is 5.56 Å². The van der Waals surface area contributed by atoms with Crippen LogP contribution in [0.15, 0.2) is 42.5 Å². The van der Waals surface area contributed by atoms with Gasteiger partial charge in [0.05, 0.1) is 11.5 Å². The van der Waals surface area contributed by atoms with Gasteiger partial charge in [0.1, 0.15) is 5.69 Å². The molecule has 0 heterocycles. The molecule has 0 radical (unpaired) electrons. The van der Waals surface area contributed by atoms with E-state index in [1.54, 1.807) is 50.4 Å². The third-order valence-corrected chi connectivity index (χ3v) is 3.43. The lowest BCUT2D eigenvalue weighted by atomic mass is 10.2. The van der Waals surface area contributed by atoms with E-state index in [2.05, 4.69) is 11.2 Å². The monoisotopic (exact) mass is 323 g/mol. The van der Waals surface area contributed by atoms with Gasteiger partial charge in [0.25, 0.3) is 5.69 Å². The summed E-state index contributed by atoms with van der Waals surface area (Å²) in [4.78, 5) is 24.4. The highest BCUT2D eigenvalue weighted by Crippen LogP contribution is 2.28. The van der Waals surface area contributed by atoms with Gasteiger partial charge in [0.2, 0.25) is 5.91 Å². The molecule has 0 saturated heterocycles. The van der Waals surface area contributed by atoms with Crippen molar-refractivity contribution in [3.8, 4) is 12.3 Å². The zero-order valence-electron chi connectivity index (χ0n) is 13.4. The summed E-state index contributed by atoms with van der Waals surface area (Å²) in [5.41, 5.74) is 2.39.